The first-order valence-electron chi connectivity index (χ1n) is 11.1. The van der Waals surface area contributed by atoms with Crippen molar-refractivity contribution in [3.05, 3.63) is 53.2 Å². The molecule has 2 aliphatic rings. The number of hydrogen-bond donors (Lipinski definition) is 1. The van der Waals surface area contributed by atoms with Gasteiger partial charge in [0.05, 0.1) is 21.3 Å². The summed E-state index contributed by atoms with van der Waals surface area (Å²) in [5.74, 6) is 0.678. The fourth-order valence-electron chi connectivity index (χ4n) is 4.82. The molecule has 1 aliphatic carbocycles. The van der Waals surface area contributed by atoms with Gasteiger partial charge in [0, 0.05) is 23.2 Å². The molecule has 6 heteroatoms. The van der Waals surface area contributed by atoms with Gasteiger partial charge < -0.3 is 5.32 Å². The maximum absolute atomic E-state index is 14.8. The summed E-state index contributed by atoms with van der Waals surface area (Å²) in [5.41, 5.74) is 3.46. The molecule has 1 N–H and O–H groups in total. The molecule has 0 spiro atoms. The van der Waals surface area contributed by atoms with E-state index in [0.29, 0.717) is 17.4 Å². The van der Waals surface area contributed by atoms with Gasteiger partial charge in [-0.3, -0.25) is 0 Å². The van der Waals surface area contributed by atoms with Gasteiger partial charge in [0.2, 0.25) is 0 Å². The number of hydrogen-bond acceptors (Lipinski definition) is 5. The van der Waals surface area contributed by atoms with Gasteiger partial charge >= 0.3 is 0 Å². The highest BCUT2D eigenvalue weighted by atomic mass is 32.1. The summed E-state index contributed by atoms with van der Waals surface area (Å²) in [6.45, 7) is 2.02. The van der Waals surface area contributed by atoms with Gasteiger partial charge in [-0.05, 0) is 56.8 Å². The summed E-state index contributed by atoms with van der Waals surface area (Å²) in [6.07, 6.45) is 11.9. The molecule has 2 fully saturated rings. The Morgan fingerprint density at radius 3 is 2.53 bits per heavy atom. The number of thiazole rings is 1. The van der Waals surface area contributed by atoms with Crippen LogP contribution in [0.4, 0.5) is 4.39 Å². The fourth-order valence-corrected chi connectivity index (χ4v) is 6.09. The number of nitrogens with zero attached hydrogens (tertiary/aromatic N) is 3. The molecule has 1 aromatic carbocycles. The van der Waals surface area contributed by atoms with Gasteiger partial charge in [-0.15, -0.1) is 11.3 Å². The van der Waals surface area contributed by atoms with E-state index in [4.69, 9.17) is 9.97 Å². The molecule has 0 amide bonds. The lowest BCUT2D eigenvalue weighted by molar-refractivity contribution is 0.443. The standard InChI is InChI=1S/C24H27FN4S/c25-20-9-5-4-8-18(20)22-23(30-24(29-22)17-10-12-26-13-11-17)21-19(14-27-15-28-21)16-6-2-1-3-7-16/h4-5,8-9,14-17,26H,1-3,6-7,10-13H2. The lowest BCUT2D eigenvalue weighted by Gasteiger charge is -2.23. The predicted octanol–water partition coefficient (Wildman–Crippen LogP) is 5.92. The second-order valence-electron chi connectivity index (χ2n) is 8.40. The zero-order valence-electron chi connectivity index (χ0n) is 17.1. The number of halogens is 1. The quantitative estimate of drug-likeness (QED) is 0.567. The van der Waals surface area contributed by atoms with E-state index in [9.17, 15) is 4.39 Å². The second kappa shape index (κ2) is 8.90. The van der Waals surface area contributed by atoms with Crippen molar-refractivity contribution < 1.29 is 4.39 Å². The van der Waals surface area contributed by atoms with E-state index in [1.165, 1.54) is 43.7 Å². The summed E-state index contributed by atoms with van der Waals surface area (Å²) in [7, 11) is 0. The zero-order chi connectivity index (χ0) is 20.3. The van der Waals surface area contributed by atoms with Gasteiger partial charge in [0.25, 0.3) is 0 Å². The molecule has 30 heavy (non-hydrogen) atoms. The van der Waals surface area contributed by atoms with E-state index in [1.807, 2.05) is 18.3 Å². The van der Waals surface area contributed by atoms with Crippen molar-refractivity contribution in [2.24, 2.45) is 0 Å². The van der Waals surface area contributed by atoms with Crippen LogP contribution in [-0.2, 0) is 0 Å². The Bertz CT molecular complexity index is 1010. The lowest BCUT2D eigenvalue weighted by Crippen LogP contribution is -2.26. The first kappa shape index (κ1) is 19.8. The molecule has 3 heterocycles. The number of aromatic nitrogens is 3. The highest BCUT2D eigenvalue weighted by Crippen LogP contribution is 2.44. The van der Waals surface area contributed by atoms with Crippen LogP contribution in [0.2, 0.25) is 0 Å². The third kappa shape index (κ3) is 3.91. The van der Waals surface area contributed by atoms with Crippen LogP contribution in [0.1, 0.15) is 67.4 Å². The van der Waals surface area contributed by atoms with E-state index in [2.05, 4.69) is 10.3 Å². The van der Waals surface area contributed by atoms with Crippen molar-refractivity contribution >= 4 is 11.3 Å². The highest BCUT2D eigenvalue weighted by molar-refractivity contribution is 7.15. The number of piperidine rings is 1. The van der Waals surface area contributed by atoms with Crippen molar-refractivity contribution in [2.45, 2.75) is 56.8 Å². The van der Waals surface area contributed by atoms with Crippen LogP contribution in [-0.4, -0.2) is 28.0 Å². The normalized spacial score (nSPS) is 18.6. The Morgan fingerprint density at radius 2 is 1.73 bits per heavy atom. The molecular weight excluding hydrogens is 395 g/mol. The minimum absolute atomic E-state index is 0.228. The van der Waals surface area contributed by atoms with Crippen LogP contribution >= 0.6 is 11.3 Å². The zero-order valence-corrected chi connectivity index (χ0v) is 17.9. The van der Waals surface area contributed by atoms with Gasteiger partial charge in [0.15, 0.2) is 0 Å². The maximum Gasteiger partial charge on any atom is 0.132 e. The molecule has 1 saturated heterocycles. The Morgan fingerprint density at radius 1 is 0.933 bits per heavy atom. The maximum atomic E-state index is 14.8. The Balaban J connectivity index is 1.64. The molecule has 156 valence electrons. The third-order valence-corrected chi connectivity index (χ3v) is 7.69. The SMILES string of the molecule is Fc1ccccc1-c1nc(C2CCNCC2)sc1-c1ncncc1C1CCCCC1. The van der Waals surface area contributed by atoms with Gasteiger partial charge in [-0.25, -0.2) is 19.3 Å². The predicted molar refractivity (Wildman–Crippen MR) is 119 cm³/mol. The van der Waals surface area contributed by atoms with Crippen LogP contribution in [0.3, 0.4) is 0 Å². The minimum atomic E-state index is -0.228. The van der Waals surface area contributed by atoms with Crippen molar-refractivity contribution in [1.82, 2.24) is 20.3 Å². The smallest absolute Gasteiger partial charge is 0.132 e. The second-order valence-corrected chi connectivity index (χ2v) is 9.43. The molecule has 4 nitrogen and oxygen atoms in total. The molecule has 3 aromatic rings. The summed E-state index contributed by atoms with van der Waals surface area (Å²) in [4.78, 5) is 15.1. The van der Waals surface area contributed by atoms with Crippen LogP contribution < -0.4 is 5.32 Å². The van der Waals surface area contributed by atoms with E-state index >= 15 is 0 Å². The molecule has 0 bridgehead atoms. The molecular formula is C24H27FN4S. The average molecular weight is 423 g/mol. The van der Waals surface area contributed by atoms with E-state index in [0.717, 1.165) is 47.2 Å². The van der Waals surface area contributed by atoms with Crippen LogP contribution in [0.5, 0.6) is 0 Å². The third-order valence-electron chi connectivity index (χ3n) is 6.46. The molecule has 5 rings (SSSR count). The van der Waals surface area contributed by atoms with Crippen molar-refractivity contribution in [3.63, 3.8) is 0 Å². The molecule has 0 unspecified atom stereocenters. The summed E-state index contributed by atoms with van der Waals surface area (Å²) in [6, 6.07) is 6.97. The van der Waals surface area contributed by atoms with Gasteiger partial charge in [-0.2, -0.15) is 0 Å². The summed E-state index contributed by atoms with van der Waals surface area (Å²) >= 11 is 1.70. The minimum Gasteiger partial charge on any atom is -0.317 e. The fraction of sp³-hybridized carbons (Fsp3) is 0.458. The molecule has 1 saturated carbocycles. The summed E-state index contributed by atoms with van der Waals surface area (Å²) in [5, 5.41) is 4.54. The van der Waals surface area contributed by atoms with Crippen LogP contribution in [0, 0.1) is 5.82 Å². The van der Waals surface area contributed by atoms with E-state index < -0.39 is 0 Å². The summed E-state index contributed by atoms with van der Waals surface area (Å²) < 4.78 is 14.8. The van der Waals surface area contributed by atoms with Crippen molar-refractivity contribution in [3.8, 4) is 21.8 Å². The monoisotopic (exact) mass is 422 g/mol. The van der Waals surface area contributed by atoms with Crippen LogP contribution in [0.25, 0.3) is 21.8 Å². The first-order chi connectivity index (χ1) is 14.8. The number of rotatable bonds is 4. The number of nitrogens with one attached hydrogen (secondary N) is 1. The van der Waals surface area contributed by atoms with Crippen LogP contribution in [0.15, 0.2) is 36.8 Å². The Hall–Kier alpha value is -2.18. The molecule has 0 atom stereocenters. The average Bonchev–Trinajstić information content (AvgIpc) is 3.26. The molecule has 0 radical (unpaired) electrons. The van der Waals surface area contributed by atoms with Gasteiger partial charge in [-0.1, -0.05) is 31.4 Å². The first-order valence-corrected chi connectivity index (χ1v) is 11.9. The van der Waals surface area contributed by atoms with Crippen molar-refractivity contribution in [1.29, 1.82) is 0 Å². The molecule has 1 aliphatic heterocycles. The number of benzene rings is 1. The largest absolute Gasteiger partial charge is 0.317 e. The van der Waals surface area contributed by atoms with E-state index in [1.54, 1.807) is 23.7 Å². The van der Waals surface area contributed by atoms with Gasteiger partial charge in [0.1, 0.15) is 12.1 Å². The van der Waals surface area contributed by atoms with Crippen molar-refractivity contribution in [2.75, 3.05) is 13.1 Å². The lowest BCUT2D eigenvalue weighted by atomic mass is 9.83. The Kier molecular flexibility index (Phi) is 5.86. The van der Waals surface area contributed by atoms with E-state index in [-0.39, 0.29) is 5.82 Å². The molecule has 2 aromatic heterocycles. The topological polar surface area (TPSA) is 50.7 Å². The Labute approximate surface area is 181 Å². The highest BCUT2D eigenvalue weighted by Gasteiger charge is 2.27.